The first-order valence-corrected chi connectivity index (χ1v) is 4.39. The van der Waals surface area contributed by atoms with Gasteiger partial charge in [-0.05, 0) is 33.1 Å². The summed E-state index contributed by atoms with van der Waals surface area (Å²) in [6.45, 7) is 7.95. The van der Waals surface area contributed by atoms with E-state index in [9.17, 15) is 4.79 Å². The SMILES string of the molecule is C=C(C)C1(C=O)CC=C(C)CC1. The van der Waals surface area contributed by atoms with Gasteiger partial charge in [0.1, 0.15) is 6.29 Å². The molecule has 1 unspecified atom stereocenters. The third kappa shape index (κ3) is 1.50. The molecule has 1 aliphatic carbocycles. The molecule has 1 heteroatoms. The molecule has 1 aliphatic rings. The molecule has 0 bridgehead atoms. The fraction of sp³-hybridized carbons (Fsp3) is 0.545. The van der Waals surface area contributed by atoms with E-state index in [4.69, 9.17) is 0 Å². The molecular formula is C11H16O. The van der Waals surface area contributed by atoms with Gasteiger partial charge in [0, 0.05) is 5.41 Å². The van der Waals surface area contributed by atoms with Crippen LogP contribution in [-0.2, 0) is 4.79 Å². The average molecular weight is 164 g/mol. The summed E-state index contributed by atoms with van der Waals surface area (Å²) in [5, 5.41) is 0. The maximum absolute atomic E-state index is 10.9. The fourth-order valence-corrected chi connectivity index (χ4v) is 1.58. The Kier molecular flexibility index (Phi) is 2.51. The molecule has 0 amide bonds. The summed E-state index contributed by atoms with van der Waals surface area (Å²) in [6.07, 6.45) is 6.04. The number of carbonyl (C=O) groups is 1. The van der Waals surface area contributed by atoms with Crippen LogP contribution in [0.5, 0.6) is 0 Å². The Labute approximate surface area is 74.2 Å². The highest BCUT2D eigenvalue weighted by atomic mass is 16.1. The lowest BCUT2D eigenvalue weighted by Crippen LogP contribution is -2.25. The third-order valence-corrected chi connectivity index (χ3v) is 2.86. The molecule has 0 saturated heterocycles. The van der Waals surface area contributed by atoms with Crippen molar-refractivity contribution in [2.24, 2.45) is 5.41 Å². The van der Waals surface area contributed by atoms with Gasteiger partial charge in [0.2, 0.25) is 0 Å². The first kappa shape index (κ1) is 9.24. The lowest BCUT2D eigenvalue weighted by molar-refractivity contribution is -0.114. The molecule has 66 valence electrons. The normalized spacial score (nSPS) is 29.3. The molecule has 0 radical (unpaired) electrons. The van der Waals surface area contributed by atoms with Gasteiger partial charge in [-0.15, -0.1) is 0 Å². The molecule has 0 aromatic carbocycles. The van der Waals surface area contributed by atoms with Crippen LogP contribution in [0.15, 0.2) is 23.8 Å². The monoisotopic (exact) mass is 164 g/mol. The van der Waals surface area contributed by atoms with E-state index in [2.05, 4.69) is 19.6 Å². The summed E-state index contributed by atoms with van der Waals surface area (Å²) < 4.78 is 0. The van der Waals surface area contributed by atoms with Crippen molar-refractivity contribution in [3.63, 3.8) is 0 Å². The maximum Gasteiger partial charge on any atom is 0.130 e. The van der Waals surface area contributed by atoms with Crippen molar-refractivity contribution in [1.82, 2.24) is 0 Å². The second-order valence-corrected chi connectivity index (χ2v) is 3.81. The molecule has 0 aliphatic heterocycles. The predicted molar refractivity (Wildman–Crippen MR) is 50.9 cm³/mol. The van der Waals surface area contributed by atoms with E-state index < -0.39 is 0 Å². The largest absolute Gasteiger partial charge is 0.302 e. The van der Waals surface area contributed by atoms with E-state index in [1.54, 1.807) is 0 Å². The van der Waals surface area contributed by atoms with E-state index in [-0.39, 0.29) is 5.41 Å². The predicted octanol–water partition coefficient (Wildman–Crippen LogP) is 2.88. The number of hydrogen-bond donors (Lipinski definition) is 0. The van der Waals surface area contributed by atoms with Crippen LogP contribution in [0.25, 0.3) is 0 Å². The topological polar surface area (TPSA) is 17.1 Å². The Morgan fingerprint density at radius 2 is 2.42 bits per heavy atom. The Morgan fingerprint density at radius 3 is 2.75 bits per heavy atom. The Hall–Kier alpha value is -0.850. The van der Waals surface area contributed by atoms with Crippen molar-refractivity contribution < 1.29 is 4.79 Å². The fourth-order valence-electron chi connectivity index (χ4n) is 1.58. The van der Waals surface area contributed by atoms with E-state index >= 15 is 0 Å². The summed E-state index contributed by atoms with van der Waals surface area (Å²) in [4.78, 5) is 10.9. The smallest absolute Gasteiger partial charge is 0.130 e. The molecule has 0 heterocycles. The summed E-state index contributed by atoms with van der Waals surface area (Å²) >= 11 is 0. The van der Waals surface area contributed by atoms with Crippen molar-refractivity contribution in [3.05, 3.63) is 23.8 Å². The minimum Gasteiger partial charge on any atom is -0.302 e. The van der Waals surface area contributed by atoms with Crippen molar-refractivity contribution in [2.75, 3.05) is 0 Å². The molecule has 1 rings (SSSR count). The lowest BCUT2D eigenvalue weighted by Gasteiger charge is -2.31. The number of carbonyl (C=O) groups excluding carboxylic acids is 1. The van der Waals surface area contributed by atoms with Crippen LogP contribution in [0.2, 0.25) is 0 Å². The van der Waals surface area contributed by atoms with Crippen molar-refractivity contribution in [2.45, 2.75) is 33.1 Å². The molecule has 0 spiro atoms. The van der Waals surface area contributed by atoms with Crippen LogP contribution in [0.4, 0.5) is 0 Å². The Bertz CT molecular complexity index is 237. The number of rotatable bonds is 2. The van der Waals surface area contributed by atoms with Gasteiger partial charge in [0.15, 0.2) is 0 Å². The van der Waals surface area contributed by atoms with Crippen LogP contribution >= 0.6 is 0 Å². The zero-order chi connectivity index (χ0) is 9.19. The van der Waals surface area contributed by atoms with E-state index in [1.165, 1.54) is 5.57 Å². The minimum atomic E-state index is -0.250. The number of hydrogen-bond acceptors (Lipinski definition) is 1. The summed E-state index contributed by atoms with van der Waals surface area (Å²) in [7, 11) is 0. The van der Waals surface area contributed by atoms with E-state index in [0.717, 1.165) is 31.1 Å². The van der Waals surface area contributed by atoms with Crippen molar-refractivity contribution in [1.29, 1.82) is 0 Å². The van der Waals surface area contributed by atoms with Gasteiger partial charge in [-0.25, -0.2) is 0 Å². The quantitative estimate of drug-likeness (QED) is 0.453. The minimum absolute atomic E-state index is 0.250. The highest BCUT2D eigenvalue weighted by Gasteiger charge is 2.31. The van der Waals surface area contributed by atoms with Gasteiger partial charge in [0.25, 0.3) is 0 Å². The van der Waals surface area contributed by atoms with Crippen LogP contribution in [0.1, 0.15) is 33.1 Å². The molecule has 0 N–H and O–H groups in total. The highest BCUT2D eigenvalue weighted by Crippen LogP contribution is 2.38. The Morgan fingerprint density at radius 1 is 1.75 bits per heavy atom. The summed E-state index contributed by atoms with van der Waals surface area (Å²) in [6, 6.07) is 0. The highest BCUT2D eigenvalue weighted by molar-refractivity contribution is 5.65. The Balaban J connectivity index is 2.85. The summed E-state index contributed by atoms with van der Waals surface area (Å²) in [5.74, 6) is 0. The second-order valence-electron chi connectivity index (χ2n) is 3.81. The van der Waals surface area contributed by atoms with Crippen LogP contribution in [-0.4, -0.2) is 6.29 Å². The summed E-state index contributed by atoms with van der Waals surface area (Å²) in [5.41, 5.74) is 2.15. The van der Waals surface area contributed by atoms with Crippen molar-refractivity contribution >= 4 is 6.29 Å². The third-order valence-electron chi connectivity index (χ3n) is 2.86. The molecule has 0 saturated carbocycles. The molecule has 0 aromatic heterocycles. The van der Waals surface area contributed by atoms with Gasteiger partial charge >= 0.3 is 0 Å². The average Bonchev–Trinajstić information content (AvgIpc) is 2.06. The van der Waals surface area contributed by atoms with E-state index in [1.807, 2.05) is 6.92 Å². The van der Waals surface area contributed by atoms with Gasteiger partial charge < -0.3 is 4.79 Å². The molecule has 1 nitrogen and oxygen atoms in total. The molecule has 12 heavy (non-hydrogen) atoms. The standard InChI is InChI=1S/C11H16O/c1-9(2)11(8-12)6-4-10(3)5-7-11/h4,8H,1,5-7H2,2-3H3. The molecular weight excluding hydrogens is 148 g/mol. The first-order valence-electron chi connectivity index (χ1n) is 4.39. The second kappa shape index (κ2) is 3.26. The molecule has 1 atom stereocenters. The van der Waals surface area contributed by atoms with Crippen LogP contribution in [0.3, 0.4) is 0 Å². The molecule has 0 fully saturated rings. The molecule has 0 aromatic rings. The van der Waals surface area contributed by atoms with Crippen LogP contribution < -0.4 is 0 Å². The van der Waals surface area contributed by atoms with Gasteiger partial charge in [-0.1, -0.05) is 23.8 Å². The maximum atomic E-state index is 10.9. The zero-order valence-electron chi connectivity index (χ0n) is 7.89. The van der Waals surface area contributed by atoms with Crippen LogP contribution in [0, 0.1) is 5.41 Å². The zero-order valence-corrected chi connectivity index (χ0v) is 7.89. The van der Waals surface area contributed by atoms with Crippen molar-refractivity contribution in [3.8, 4) is 0 Å². The lowest BCUT2D eigenvalue weighted by atomic mass is 9.72. The van der Waals surface area contributed by atoms with Gasteiger partial charge in [-0.3, -0.25) is 0 Å². The number of allylic oxidation sites excluding steroid dienone is 3. The number of aldehydes is 1. The van der Waals surface area contributed by atoms with E-state index in [0.29, 0.717) is 0 Å². The van der Waals surface area contributed by atoms with Gasteiger partial charge in [-0.2, -0.15) is 0 Å². The first-order chi connectivity index (χ1) is 5.60. The van der Waals surface area contributed by atoms with Gasteiger partial charge in [0.05, 0.1) is 0 Å².